The Morgan fingerprint density at radius 1 is 1.06 bits per heavy atom. The summed E-state index contributed by atoms with van der Waals surface area (Å²) in [6.07, 6.45) is 0.919. The largest absolute Gasteiger partial charge is 0.367 e. The van der Waals surface area contributed by atoms with Crippen molar-refractivity contribution in [3.8, 4) is 0 Å². The highest BCUT2D eigenvalue weighted by Crippen LogP contribution is 2.28. The van der Waals surface area contributed by atoms with Gasteiger partial charge < -0.3 is 15.1 Å². The van der Waals surface area contributed by atoms with Crippen LogP contribution in [0, 0.1) is 17.6 Å². The Hall–Kier alpha value is -2.71. The SMILES string of the molecule is O=C(NCCCN1CCN(c2ccccc2F)CC1)[C@H]1CC(=O)N(c2ccc(F)c(Cl)c2)C1. The number of halogens is 3. The predicted molar refractivity (Wildman–Crippen MR) is 125 cm³/mol. The second-order valence-corrected chi connectivity index (χ2v) is 8.84. The molecular weight excluding hydrogens is 450 g/mol. The lowest BCUT2D eigenvalue weighted by molar-refractivity contribution is -0.126. The van der Waals surface area contributed by atoms with Crippen LogP contribution < -0.4 is 15.1 Å². The van der Waals surface area contributed by atoms with Gasteiger partial charge >= 0.3 is 0 Å². The number of anilines is 2. The van der Waals surface area contributed by atoms with Crippen molar-refractivity contribution in [2.24, 2.45) is 5.92 Å². The molecular formula is C24H27ClF2N4O2. The van der Waals surface area contributed by atoms with E-state index in [1.165, 1.54) is 29.2 Å². The quantitative estimate of drug-likeness (QED) is 0.623. The Morgan fingerprint density at radius 2 is 1.82 bits per heavy atom. The van der Waals surface area contributed by atoms with E-state index in [2.05, 4.69) is 15.1 Å². The van der Waals surface area contributed by atoms with E-state index in [1.807, 2.05) is 6.07 Å². The Bertz CT molecular complexity index is 1010. The molecule has 6 nitrogen and oxygen atoms in total. The lowest BCUT2D eigenvalue weighted by Crippen LogP contribution is -2.47. The highest BCUT2D eigenvalue weighted by Gasteiger charge is 2.35. The fourth-order valence-electron chi connectivity index (χ4n) is 4.36. The van der Waals surface area contributed by atoms with Crippen molar-refractivity contribution in [3.05, 3.63) is 59.1 Å². The predicted octanol–water partition coefficient (Wildman–Crippen LogP) is 3.30. The summed E-state index contributed by atoms with van der Waals surface area (Å²) in [4.78, 5) is 30.7. The maximum absolute atomic E-state index is 14.0. The fourth-order valence-corrected chi connectivity index (χ4v) is 4.54. The van der Waals surface area contributed by atoms with Gasteiger partial charge in [0.25, 0.3) is 0 Å². The highest BCUT2D eigenvalue weighted by molar-refractivity contribution is 6.31. The van der Waals surface area contributed by atoms with Crippen molar-refractivity contribution in [3.63, 3.8) is 0 Å². The first-order valence-electron chi connectivity index (χ1n) is 11.2. The van der Waals surface area contributed by atoms with Crippen LogP contribution in [-0.4, -0.2) is 62.5 Å². The molecule has 0 radical (unpaired) electrons. The molecule has 2 aromatic rings. The van der Waals surface area contributed by atoms with Crippen molar-refractivity contribution < 1.29 is 18.4 Å². The van der Waals surface area contributed by atoms with E-state index in [9.17, 15) is 18.4 Å². The lowest BCUT2D eigenvalue weighted by atomic mass is 10.1. The number of nitrogens with one attached hydrogen (secondary N) is 1. The van der Waals surface area contributed by atoms with Crippen molar-refractivity contribution >= 4 is 34.8 Å². The maximum Gasteiger partial charge on any atom is 0.227 e. The molecule has 0 aromatic heterocycles. The molecule has 2 fully saturated rings. The number of hydrogen-bond donors (Lipinski definition) is 1. The standard InChI is InChI=1S/C24H27ClF2N4O2/c25-19-15-18(6-7-20(19)26)31-16-17(14-23(31)32)24(33)28-8-3-9-29-10-12-30(13-11-29)22-5-2-1-4-21(22)27/h1-2,4-7,15,17H,3,8-14,16H2,(H,28,33)/t17-/m0/s1. The molecule has 2 aliphatic rings. The van der Waals surface area contributed by atoms with Crippen molar-refractivity contribution in [1.82, 2.24) is 10.2 Å². The molecule has 0 aliphatic carbocycles. The van der Waals surface area contributed by atoms with Gasteiger partial charge in [0.2, 0.25) is 11.8 Å². The Kier molecular flexibility index (Phi) is 7.45. The van der Waals surface area contributed by atoms with Gasteiger partial charge in [0.15, 0.2) is 0 Å². The van der Waals surface area contributed by atoms with E-state index >= 15 is 0 Å². The molecule has 9 heteroatoms. The van der Waals surface area contributed by atoms with Crippen LogP contribution in [0.3, 0.4) is 0 Å². The van der Waals surface area contributed by atoms with Gasteiger partial charge in [-0.25, -0.2) is 8.78 Å². The third-order valence-electron chi connectivity index (χ3n) is 6.23. The van der Waals surface area contributed by atoms with E-state index in [4.69, 9.17) is 11.6 Å². The highest BCUT2D eigenvalue weighted by atomic mass is 35.5. The number of amides is 2. The Balaban J connectivity index is 1.17. The summed E-state index contributed by atoms with van der Waals surface area (Å²) < 4.78 is 27.3. The summed E-state index contributed by atoms with van der Waals surface area (Å²) in [5.41, 5.74) is 1.14. The lowest BCUT2D eigenvalue weighted by Gasteiger charge is -2.36. The van der Waals surface area contributed by atoms with Crippen LogP contribution in [0.4, 0.5) is 20.2 Å². The topological polar surface area (TPSA) is 55.9 Å². The third kappa shape index (κ3) is 5.62. The molecule has 1 N–H and O–H groups in total. The monoisotopic (exact) mass is 476 g/mol. The number of benzene rings is 2. The van der Waals surface area contributed by atoms with Crippen molar-refractivity contribution in [2.75, 3.05) is 55.6 Å². The molecule has 2 aromatic carbocycles. The molecule has 0 bridgehead atoms. The summed E-state index contributed by atoms with van der Waals surface area (Å²) in [5.74, 6) is -1.50. The smallest absolute Gasteiger partial charge is 0.227 e. The summed E-state index contributed by atoms with van der Waals surface area (Å²) in [7, 11) is 0. The molecule has 4 rings (SSSR count). The number of rotatable bonds is 7. The van der Waals surface area contributed by atoms with Gasteiger partial charge in [-0.1, -0.05) is 23.7 Å². The van der Waals surface area contributed by atoms with Crippen molar-refractivity contribution in [2.45, 2.75) is 12.8 Å². The number of piperazine rings is 1. The average molecular weight is 477 g/mol. The minimum atomic E-state index is -0.546. The first-order chi connectivity index (χ1) is 15.9. The zero-order chi connectivity index (χ0) is 23.4. The van der Waals surface area contributed by atoms with Crippen LogP contribution in [0.1, 0.15) is 12.8 Å². The normalized spacial score (nSPS) is 19.2. The first-order valence-corrected chi connectivity index (χ1v) is 11.5. The zero-order valence-electron chi connectivity index (χ0n) is 18.3. The molecule has 1 atom stereocenters. The van der Waals surface area contributed by atoms with E-state index < -0.39 is 11.7 Å². The minimum Gasteiger partial charge on any atom is -0.367 e. The van der Waals surface area contributed by atoms with E-state index in [-0.39, 0.29) is 35.6 Å². The maximum atomic E-state index is 14.0. The summed E-state index contributed by atoms with van der Waals surface area (Å²) in [6.45, 7) is 4.84. The molecule has 0 spiro atoms. The third-order valence-corrected chi connectivity index (χ3v) is 6.52. The number of hydrogen-bond acceptors (Lipinski definition) is 4. The van der Waals surface area contributed by atoms with Gasteiger partial charge in [-0.15, -0.1) is 0 Å². The molecule has 2 aliphatic heterocycles. The first kappa shape index (κ1) is 23.4. The van der Waals surface area contributed by atoms with Crippen LogP contribution in [0.15, 0.2) is 42.5 Å². The Labute approximate surface area is 197 Å². The molecule has 0 saturated carbocycles. The Morgan fingerprint density at radius 3 is 2.55 bits per heavy atom. The molecule has 0 unspecified atom stereocenters. The number of carbonyl (C=O) groups excluding carboxylic acids is 2. The van der Waals surface area contributed by atoms with Gasteiger partial charge in [0.1, 0.15) is 11.6 Å². The summed E-state index contributed by atoms with van der Waals surface area (Å²) in [6, 6.07) is 10.9. The van der Waals surface area contributed by atoms with Crippen LogP contribution in [0.25, 0.3) is 0 Å². The molecule has 33 heavy (non-hydrogen) atoms. The van der Waals surface area contributed by atoms with Crippen LogP contribution in [0.5, 0.6) is 0 Å². The van der Waals surface area contributed by atoms with Gasteiger partial charge in [-0.3, -0.25) is 14.5 Å². The van der Waals surface area contributed by atoms with E-state index in [0.717, 1.165) is 39.1 Å². The molecule has 2 amide bonds. The van der Waals surface area contributed by atoms with E-state index in [1.54, 1.807) is 12.1 Å². The van der Waals surface area contributed by atoms with Gasteiger partial charge in [-0.2, -0.15) is 0 Å². The average Bonchev–Trinajstić information content (AvgIpc) is 3.21. The van der Waals surface area contributed by atoms with Gasteiger partial charge in [-0.05, 0) is 43.3 Å². The zero-order valence-corrected chi connectivity index (χ0v) is 19.0. The molecule has 176 valence electrons. The fraction of sp³-hybridized carbons (Fsp3) is 0.417. The van der Waals surface area contributed by atoms with Gasteiger partial charge in [0.05, 0.1) is 16.6 Å². The molecule has 2 heterocycles. The second-order valence-electron chi connectivity index (χ2n) is 8.43. The number of para-hydroxylation sites is 1. The van der Waals surface area contributed by atoms with Crippen LogP contribution in [-0.2, 0) is 9.59 Å². The minimum absolute atomic E-state index is 0.0528. The molecule has 2 saturated heterocycles. The van der Waals surface area contributed by atoms with Crippen molar-refractivity contribution in [1.29, 1.82) is 0 Å². The number of nitrogens with zero attached hydrogens (tertiary/aromatic N) is 3. The van der Waals surface area contributed by atoms with E-state index in [0.29, 0.717) is 17.9 Å². The summed E-state index contributed by atoms with van der Waals surface area (Å²) >= 11 is 5.82. The van der Waals surface area contributed by atoms with Crippen LogP contribution in [0.2, 0.25) is 5.02 Å². The summed E-state index contributed by atoms with van der Waals surface area (Å²) in [5, 5.41) is 2.88. The van der Waals surface area contributed by atoms with Gasteiger partial charge in [0, 0.05) is 51.4 Å². The van der Waals surface area contributed by atoms with Crippen LogP contribution >= 0.6 is 11.6 Å². The number of carbonyl (C=O) groups is 2. The second kappa shape index (κ2) is 10.5.